The topological polar surface area (TPSA) is 74.4 Å². The van der Waals surface area contributed by atoms with E-state index in [-0.39, 0.29) is 18.4 Å². The third kappa shape index (κ3) is 4.43. The summed E-state index contributed by atoms with van der Waals surface area (Å²) in [7, 11) is 1.64. The number of methoxy groups -OCH3 is 1. The van der Waals surface area contributed by atoms with E-state index in [4.69, 9.17) is 17.0 Å². The normalized spacial score (nSPS) is 15.4. The van der Waals surface area contributed by atoms with Crippen LogP contribution in [-0.2, 0) is 16.0 Å². The van der Waals surface area contributed by atoms with E-state index >= 15 is 0 Å². The van der Waals surface area contributed by atoms with Crippen LogP contribution in [0.15, 0.2) is 46.8 Å². The molecule has 6 nitrogen and oxygen atoms in total. The molecule has 0 bridgehead atoms. The number of hydrogen-bond donors (Lipinski definition) is 2. The maximum atomic E-state index is 12.6. The third-order valence-electron chi connectivity index (χ3n) is 4.68. The standard InChI is InChI=1S/C21H19N3O3S3/c1-27-14-4-5-17-16(9-14)13(11-23-17)6-7-22-19(25)12-24-20(26)18(30-21(24)28)10-15-3-2-8-29-15/h2-5,8-11,23H,6-7,12H2,1H3,(H,22,25)/b18-10+. The molecule has 9 heteroatoms. The third-order valence-corrected chi connectivity index (χ3v) is 6.88. The van der Waals surface area contributed by atoms with Gasteiger partial charge < -0.3 is 15.0 Å². The molecule has 2 aromatic heterocycles. The van der Waals surface area contributed by atoms with Crippen molar-refractivity contribution in [1.82, 2.24) is 15.2 Å². The first-order valence-corrected chi connectivity index (χ1v) is 11.3. The number of thiocarbonyl (C=S) groups is 1. The van der Waals surface area contributed by atoms with E-state index in [1.54, 1.807) is 18.4 Å². The summed E-state index contributed by atoms with van der Waals surface area (Å²) in [4.78, 5) is 31.1. The highest BCUT2D eigenvalue weighted by Gasteiger charge is 2.33. The Bertz CT molecular complexity index is 1140. The first kappa shape index (κ1) is 20.6. The second kappa shape index (κ2) is 9.03. The van der Waals surface area contributed by atoms with Gasteiger partial charge in [0.2, 0.25) is 5.91 Å². The van der Waals surface area contributed by atoms with Gasteiger partial charge in [-0.05, 0) is 47.7 Å². The van der Waals surface area contributed by atoms with Crippen LogP contribution in [0.1, 0.15) is 10.4 Å². The Morgan fingerprint density at radius 1 is 1.37 bits per heavy atom. The number of fused-ring (bicyclic) bond motifs is 1. The molecule has 2 N–H and O–H groups in total. The zero-order chi connectivity index (χ0) is 21.1. The first-order chi connectivity index (χ1) is 14.5. The van der Waals surface area contributed by atoms with Gasteiger partial charge in [-0.15, -0.1) is 11.3 Å². The monoisotopic (exact) mass is 457 g/mol. The van der Waals surface area contributed by atoms with Crippen molar-refractivity contribution >= 4 is 68.4 Å². The minimum Gasteiger partial charge on any atom is -0.497 e. The molecule has 0 saturated carbocycles. The molecule has 154 valence electrons. The molecule has 2 amide bonds. The lowest BCUT2D eigenvalue weighted by molar-refractivity contribution is -0.128. The number of amides is 2. The van der Waals surface area contributed by atoms with E-state index in [0.717, 1.165) is 27.1 Å². The molecule has 30 heavy (non-hydrogen) atoms. The summed E-state index contributed by atoms with van der Waals surface area (Å²) in [5, 5.41) is 5.90. The van der Waals surface area contributed by atoms with Gasteiger partial charge in [0, 0.05) is 28.5 Å². The number of thiophene rings is 1. The van der Waals surface area contributed by atoms with Crippen molar-refractivity contribution in [2.75, 3.05) is 20.2 Å². The second-order valence-electron chi connectivity index (χ2n) is 6.61. The number of ether oxygens (including phenoxy) is 1. The second-order valence-corrected chi connectivity index (χ2v) is 9.26. The number of rotatable bonds is 7. The number of nitrogens with zero attached hydrogens (tertiary/aromatic N) is 1. The van der Waals surface area contributed by atoms with Crippen molar-refractivity contribution in [3.8, 4) is 5.75 Å². The van der Waals surface area contributed by atoms with Crippen molar-refractivity contribution < 1.29 is 14.3 Å². The Morgan fingerprint density at radius 2 is 2.23 bits per heavy atom. The van der Waals surface area contributed by atoms with Gasteiger partial charge in [0.15, 0.2) is 0 Å². The van der Waals surface area contributed by atoms with Crippen LogP contribution in [-0.4, -0.2) is 46.2 Å². The van der Waals surface area contributed by atoms with Gasteiger partial charge in [0.05, 0.1) is 12.0 Å². The summed E-state index contributed by atoms with van der Waals surface area (Å²) in [5.41, 5.74) is 2.11. The van der Waals surface area contributed by atoms with Crippen molar-refractivity contribution in [2.24, 2.45) is 0 Å². The number of nitrogens with one attached hydrogen (secondary N) is 2. The Kier molecular flexibility index (Phi) is 6.21. The van der Waals surface area contributed by atoms with E-state index in [9.17, 15) is 9.59 Å². The van der Waals surface area contributed by atoms with Crippen molar-refractivity contribution in [3.05, 3.63) is 57.3 Å². The largest absolute Gasteiger partial charge is 0.497 e. The van der Waals surface area contributed by atoms with Crippen LogP contribution >= 0.6 is 35.3 Å². The van der Waals surface area contributed by atoms with Crippen LogP contribution in [0, 0.1) is 0 Å². The van der Waals surface area contributed by atoms with E-state index in [1.807, 2.05) is 48.0 Å². The lowest BCUT2D eigenvalue weighted by atomic mass is 10.1. The average molecular weight is 458 g/mol. The number of carbonyl (C=O) groups excluding carboxylic acids is 2. The summed E-state index contributed by atoms with van der Waals surface area (Å²) in [6.07, 6.45) is 4.41. The summed E-state index contributed by atoms with van der Waals surface area (Å²) < 4.78 is 5.69. The molecular formula is C21H19N3O3S3. The number of aromatic nitrogens is 1. The number of benzene rings is 1. The molecule has 0 radical (unpaired) electrons. The van der Waals surface area contributed by atoms with E-state index in [0.29, 0.717) is 22.2 Å². The molecule has 3 heterocycles. The number of aromatic amines is 1. The van der Waals surface area contributed by atoms with Gasteiger partial charge in [-0.3, -0.25) is 14.5 Å². The van der Waals surface area contributed by atoms with Crippen molar-refractivity contribution in [1.29, 1.82) is 0 Å². The Morgan fingerprint density at radius 3 is 3.00 bits per heavy atom. The van der Waals surface area contributed by atoms with Crippen LogP contribution in [0.25, 0.3) is 17.0 Å². The average Bonchev–Trinajstić information content (AvgIpc) is 3.45. The zero-order valence-electron chi connectivity index (χ0n) is 16.1. The Labute approximate surface area is 187 Å². The highest BCUT2D eigenvalue weighted by molar-refractivity contribution is 8.26. The minimum absolute atomic E-state index is 0.0752. The SMILES string of the molecule is COc1ccc2[nH]cc(CCNC(=O)CN3C(=O)/C(=C\c4cccs4)SC3=S)c2c1. The predicted molar refractivity (Wildman–Crippen MR) is 126 cm³/mol. The predicted octanol–water partition coefficient (Wildman–Crippen LogP) is 3.80. The summed E-state index contributed by atoms with van der Waals surface area (Å²) >= 11 is 8.07. The van der Waals surface area contributed by atoms with Gasteiger partial charge in [-0.25, -0.2) is 0 Å². The smallest absolute Gasteiger partial charge is 0.266 e. The van der Waals surface area contributed by atoms with Crippen LogP contribution in [0.5, 0.6) is 5.75 Å². The molecule has 1 aromatic carbocycles. The molecule has 1 saturated heterocycles. The molecule has 0 atom stereocenters. The number of H-pyrrole nitrogens is 1. The van der Waals surface area contributed by atoms with Gasteiger partial charge in [-0.2, -0.15) is 0 Å². The minimum atomic E-state index is -0.235. The lowest BCUT2D eigenvalue weighted by Gasteiger charge is -2.14. The van der Waals surface area contributed by atoms with Crippen LogP contribution in [0.3, 0.4) is 0 Å². The fraction of sp³-hybridized carbons (Fsp3) is 0.190. The molecule has 0 spiro atoms. The van der Waals surface area contributed by atoms with E-state index in [2.05, 4.69) is 10.3 Å². The summed E-state index contributed by atoms with van der Waals surface area (Å²) in [6, 6.07) is 9.70. The first-order valence-electron chi connectivity index (χ1n) is 9.24. The zero-order valence-corrected chi connectivity index (χ0v) is 18.6. The van der Waals surface area contributed by atoms with Crippen LogP contribution in [0.4, 0.5) is 0 Å². The van der Waals surface area contributed by atoms with Crippen molar-refractivity contribution in [2.45, 2.75) is 6.42 Å². The van der Waals surface area contributed by atoms with Crippen molar-refractivity contribution in [3.63, 3.8) is 0 Å². The maximum absolute atomic E-state index is 12.6. The Balaban J connectivity index is 1.33. The van der Waals surface area contributed by atoms with Crippen LogP contribution < -0.4 is 10.1 Å². The molecule has 0 aliphatic carbocycles. The molecule has 1 fully saturated rings. The fourth-order valence-corrected chi connectivity index (χ4v) is 5.14. The Hall–Kier alpha value is -2.62. The van der Waals surface area contributed by atoms with E-state index < -0.39 is 0 Å². The number of hydrogen-bond acceptors (Lipinski definition) is 6. The summed E-state index contributed by atoms with van der Waals surface area (Å²) in [5.74, 6) is 0.329. The lowest BCUT2D eigenvalue weighted by Crippen LogP contribution is -2.40. The molecular weight excluding hydrogens is 438 g/mol. The number of thioether (sulfide) groups is 1. The molecule has 3 aromatic rings. The van der Waals surface area contributed by atoms with Gasteiger partial charge in [0.1, 0.15) is 16.6 Å². The fourth-order valence-electron chi connectivity index (χ4n) is 3.17. The summed E-state index contributed by atoms with van der Waals surface area (Å²) in [6.45, 7) is 0.386. The van der Waals surface area contributed by atoms with Gasteiger partial charge in [0.25, 0.3) is 5.91 Å². The van der Waals surface area contributed by atoms with Gasteiger partial charge in [-0.1, -0.05) is 30.0 Å². The highest BCUT2D eigenvalue weighted by atomic mass is 32.2. The van der Waals surface area contributed by atoms with Crippen LogP contribution in [0.2, 0.25) is 0 Å². The quantitative estimate of drug-likeness (QED) is 0.417. The van der Waals surface area contributed by atoms with E-state index in [1.165, 1.54) is 16.7 Å². The molecule has 0 unspecified atom stereocenters. The maximum Gasteiger partial charge on any atom is 0.266 e. The molecule has 1 aliphatic rings. The molecule has 4 rings (SSSR count). The molecule has 1 aliphatic heterocycles. The highest BCUT2D eigenvalue weighted by Crippen LogP contribution is 2.33. The van der Waals surface area contributed by atoms with Gasteiger partial charge >= 0.3 is 0 Å². The number of carbonyl (C=O) groups is 2.